The summed E-state index contributed by atoms with van der Waals surface area (Å²) in [7, 11) is -3.01. The standard InChI is InChI=1S/C20H33N3O2S/c1-2-16-26(24,25)23-10-8-20(9-11-23)18-22-14-12-21(13-15-22)17-19-6-4-3-5-7-19/h3-7,20H,2,8-18H2,1H3. The summed E-state index contributed by atoms with van der Waals surface area (Å²) < 4.78 is 26.1. The lowest BCUT2D eigenvalue weighted by Crippen LogP contribution is -2.48. The second-order valence-electron chi connectivity index (χ2n) is 7.72. The molecule has 2 aliphatic rings. The van der Waals surface area contributed by atoms with Gasteiger partial charge in [0.1, 0.15) is 0 Å². The van der Waals surface area contributed by atoms with Crippen LogP contribution in [0.3, 0.4) is 0 Å². The first-order valence-corrected chi connectivity index (χ1v) is 11.6. The van der Waals surface area contributed by atoms with E-state index in [0.29, 0.717) is 31.2 Å². The van der Waals surface area contributed by atoms with Gasteiger partial charge in [-0.2, -0.15) is 0 Å². The van der Waals surface area contributed by atoms with Crippen molar-refractivity contribution in [2.45, 2.75) is 32.7 Å². The molecule has 1 aromatic carbocycles. The molecule has 0 saturated carbocycles. The molecule has 3 rings (SSSR count). The molecule has 26 heavy (non-hydrogen) atoms. The molecule has 5 nitrogen and oxygen atoms in total. The van der Waals surface area contributed by atoms with Crippen molar-refractivity contribution in [3.8, 4) is 0 Å². The van der Waals surface area contributed by atoms with Crippen LogP contribution in [0.4, 0.5) is 0 Å². The number of hydrogen-bond donors (Lipinski definition) is 0. The van der Waals surface area contributed by atoms with Gasteiger partial charge in [-0.15, -0.1) is 0 Å². The third kappa shape index (κ3) is 5.52. The lowest BCUT2D eigenvalue weighted by Gasteiger charge is -2.38. The number of rotatable bonds is 7. The predicted octanol–water partition coefficient (Wildman–Crippen LogP) is 2.26. The molecule has 0 radical (unpaired) electrons. The summed E-state index contributed by atoms with van der Waals surface area (Å²) >= 11 is 0. The van der Waals surface area contributed by atoms with Gasteiger partial charge in [0.25, 0.3) is 0 Å². The summed E-state index contributed by atoms with van der Waals surface area (Å²) in [5.74, 6) is 0.935. The molecular weight excluding hydrogens is 346 g/mol. The second-order valence-corrected chi connectivity index (χ2v) is 9.81. The molecule has 0 aliphatic carbocycles. The summed E-state index contributed by atoms with van der Waals surface area (Å²) in [6.45, 7) is 10.0. The molecule has 1 aromatic rings. The van der Waals surface area contributed by atoms with Gasteiger partial charge in [0.2, 0.25) is 10.0 Å². The van der Waals surface area contributed by atoms with Gasteiger partial charge in [-0.1, -0.05) is 37.3 Å². The van der Waals surface area contributed by atoms with Crippen molar-refractivity contribution in [1.82, 2.24) is 14.1 Å². The van der Waals surface area contributed by atoms with Gasteiger partial charge < -0.3 is 4.90 Å². The third-order valence-corrected chi connectivity index (χ3v) is 7.74. The van der Waals surface area contributed by atoms with Crippen LogP contribution in [0, 0.1) is 5.92 Å². The Balaban J connectivity index is 1.38. The Bertz CT molecular complexity index is 634. The molecule has 2 saturated heterocycles. The van der Waals surface area contributed by atoms with E-state index in [-0.39, 0.29) is 0 Å². The van der Waals surface area contributed by atoms with E-state index in [1.54, 1.807) is 4.31 Å². The summed E-state index contributed by atoms with van der Waals surface area (Å²) in [6, 6.07) is 10.7. The molecule has 0 N–H and O–H groups in total. The highest BCUT2D eigenvalue weighted by atomic mass is 32.2. The normalized spacial score (nSPS) is 21.9. The summed E-state index contributed by atoms with van der Waals surface area (Å²) in [5.41, 5.74) is 1.39. The minimum atomic E-state index is -3.01. The van der Waals surface area contributed by atoms with Gasteiger partial charge in [0.15, 0.2) is 0 Å². The molecule has 2 aliphatic heterocycles. The minimum absolute atomic E-state index is 0.293. The van der Waals surface area contributed by atoms with Crippen LogP contribution in [0.15, 0.2) is 30.3 Å². The van der Waals surface area contributed by atoms with E-state index in [4.69, 9.17) is 0 Å². The maximum atomic E-state index is 12.2. The van der Waals surface area contributed by atoms with Gasteiger partial charge in [-0.25, -0.2) is 12.7 Å². The largest absolute Gasteiger partial charge is 0.301 e. The maximum Gasteiger partial charge on any atom is 0.214 e. The number of piperidine rings is 1. The van der Waals surface area contributed by atoms with Gasteiger partial charge in [-0.3, -0.25) is 4.90 Å². The van der Waals surface area contributed by atoms with Crippen LogP contribution < -0.4 is 0 Å². The van der Waals surface area contributed by atoms with Gasteiger partial charge >= 0.3 is 0 Å². The number of benzene rings is 1. The predicted molar refractivity (Wildman–Crippen MR) is 107 cm³/mol. The first-order chi connectivity index (χ1) is 12.6. The van der Waals surface area contributed by atoms with Crippen LogP contribution in [-0.2, 0) is 16.6 Å². The fourth-order valence-corrected chi connectivity index (χ4v) is 5.64. The average Bonchev–Trinajstić information content (AvgIpc) is 2.65. The van der Waals surface area contributed by atoms with E-state index < -0.39 is 10.0 Å². The molecule has 0 bridgehead atoms. The Morgan fingerprint density at radius 3 is 2.15 bits per heavy atom. The zero-order chi connectivity index (χ0) is 18.4. The minimum Gasteiger partial charge on any atom is -0.301 e. The third-order valence-electron chi connectivity index (χ3n) is 5.66. The monoisotopic (exact) mass is 379 g/mol. The van der Waals surface area contributed by atoms with Gasteiger partial charge in [-0.05, 0) is 30.7 Å². The lowest BCUT2D eigenvalue weighted by atomic mass is 9.97. The van der Waals surface area contributed by atoms with E-state index >= 15 is 0 Å². The molecule has 6 heteroatoms. The molecule has 0 amide bonds. The maximum absolute atomic E-state index is 12.2. The summed E-state index contributed by atoms with van der Waals surface area (Å²) in [6.07, 6.45) is 2.72. The summed E-state index contributed by atoms with van der Waals surface area (Å²) in [4.78, 5) is 5.11. The Kier molecular flexibility index (Phi) is 7.09. The molecule has 0 atom stereocenters. The lowest BCUT2D eigenvalue weighted by molar-refractivity contribution is 0.102. The molecule has 0 unspecified atom stereocenters. The van der Waals surface area contributed by atoms with E-state index in [2.05, 4.69) is 40.1 Å². The fourth-order valence-electron chi connectivity index (χ4n) is 4.09. The average molecular weight is 380 g/mol. The van der Waals surface area contributed by atoms with E-state index in [0.717, 1.165) is 52.1 Å². The van der Waals surface area contributed by atoms with Crippen LogP contribution in [0.2, 0.25) is 0 Å². The highest BCUT2D eigenvalue weighted by Crippen LogP contribution is 2.22. The number of sulfonamides is 1. The van der Waals surface area contributed by atoms with Crippen LogP contribution in [0.5, 0.6) is 0 Å². The fraction of sp³-hybridized carbons (Fsp3) is 0.700. The van der Waals surface area contributed by atoms with E-state index in [1.807, 2.05) is 6.92 Å². The zero-order valence-electron chi connectivity index (χ0n) is 16.0. The van der Waals surface area contributed by atoms with Gasteiger partial charge in [0.05, 0.1) is 5.75 Å². The highest BCUT2D eigenvalue weighted by Gasteiger charge is 2.28. The van der Waals surface area contributed by atoms with Crippen LogP contribution in [-0.4, -0.2) is 74.1 Å². The van der Waals surface area contributed by atoms with Crippen LogP contribution >= 0.6 is 0 Å². The second kappa shape index (κ2) is 9.31. The zero-order valence-corrected chi connectivity index (χ0v) is 16.8. The van der Waals surface area contributed by atoms with Crippen molar-refractivity contribution in [1.29, 1.82) is 0 Å². The number of nitrogens with zero attached hydrogens (tertiary/aromatic N) is 3. The Labute approximate surface area is 159 Å². The van der Waals surface area contributed by atoms with Crippen molar-refractivity contribution >= 4 is 10.0 Å². The quantitative estimate of drug-likeness (QED) is 0.729. The first-order valence-electron chi connectivity index (χ1n) is 10.0. The number of hydrogen-bond acceptors (Lipinski definition) is 4. The van der Waals surface area contributed by atoms with Gasteiger partial charge in [0, 0.05) is 52.4 Å². The van der Waals surface area contributed by atoms with Crippen molar-refractivity contribution in [2.24, 2.45) is 5.92 Å². The molecule has 146 valence electrons. The molecule has 0 spiro atoms. The molecule has 0 aromatic heterocycles. The van der Waals surface area contributed by atoms with Crippen molar-refractivity contribution in [3.05, 3.63) is 35.9 Å². The SMILES string of the molecule is CCCS(=O)(=O)N1CCC(CN2CCN(Cc3ccccc3)CC2)CC1. The van der Waals surface area contributed by atoms with Crippen molar-refractivity contribution in [2.75, 3.05) is 51.6 Å². The Morgan fingerprint density at radius 1 is 0.923 bits per heavy atom. The number of piperazine rings is 1. The van der Waals surface area contributed by atoms with E-state index in [9.17, 15) is 8.42 Å². The van der Waals surface area contributed by atoms with Crippen molar-refractivity contribution in [3.63, 3.8) is 0 Å². The highest BCUT2D eigenvalue weighted by molar-refractivity contribution is 7.89. The van der Waals surface area contributed by atoms with E-state index in [1.165, 1.54) is 5.56 Å². The van der Waals surface area contributed by atoms with Crippen molar-refractivity contribution < 1.29 is 8.42 Å². The molecule has 2 fully saturated rings. The topological polar surface area (TPSA) is 43.9 Å². The Hall–Kier alpha value is -0.950. The molecule has 2 heterocycles. The first kappa shape index (κ1) is 19.8. The smallest absolute Gasteiger partial charge is 0.214 e. The van der Waals surface area contributed by atoms with Crippen LogP contribution in [0.25, 0.3) is 0 Å². The Morgan fingerprint density at radius 2 is 1.54 bits per heavy atom. The van der Waals surface area contributed by atoms with Crippen LogP contribution in [0.1, 0.15) is 31.7 Å². The summed E-state index contributed by atoms with van der Waals surface area (Å²) in [5, 5.41) is 0. The molecular formula is C20H33N3O2S.